The fraction of sp³-hybridized carbons (Fsp3) is 0.500. The van der Waals surface area contributed by atoms with E-state index in [0.29, 0.717) is 13.1 Å². The number of carbonyl (C=O) groups is 1. The van der Waals surface area contributed by atoms with Gasteiger partial charge in [-0.1, -0.05) is 13.3 Å². The molecule has 0 aromatic carbocycles. The molecule has 0 bridgehead atoms. The van der Waals surface area contributed by atoms with Crippen molar-refractivity contribution >= 4 is 22.8 Å². The highest BCUT2D eigenvalue weighted by Crippen LogP contribution is 2.35. The SMILES string of the molecule is CC[C@@H]1CN(C(=O)NCCC(F)(F)F)C[C@@H]1c1cnc2cnc3[nH]ccc3n12. The van der Waals surface area contributed by atoms with Crippen LogP contribution in [0.1, 0.15) is 31.4 Å². The van der Waals surface area contributed by atoms with Crippen LogP contribution in [0.5, 0.6) is 0 Å². The number of carbonyl (C=O) groups excluding carboxylic acids is 1. The number of likely N-dealkylation sites (tertiary alicyclic amines) is 1. The number of hydrogen-bond acceptors (Lipinski definition) is 3. The number of aromatic amines is 1. The Kier molecular flexibility index (Phi) is 4.64. The van der Waals surface area contributed by atoms with Crippen LogP contribution in [0.4, 0.5) is 18.0 Å². The van der Waals surface area contributed by atoms with Gasteiger partial charge in [0.2, 0.25) is 0 Å². The molecule has 4 rings (SSSR count). The number of halogens is 3. The molecule has 3 aromatic rings. The van der Waals surface area contributed by atoms with Gasteiger partial charge in [-0.25, -0.2) is 14.8 Å². The number of nitrogens with zero attached hydrogens (tertiary/aromatic N) is 4. The molecular weight excluding hydrogens is 373 g/mol. The Bertz CT molecular complexity index is 994. The maximum Gasteiger partial charge on any atom is 0.390 e. The third-order valence-corrected chi connectivity index (χ3v) is 5.39. The Balaban J connectivity index is 1.56. The van der Waals surface area contributed by atoms with Gasteiger partial charge in [0, 0.05) is 43.6 Å². The van der Waals surface area contributed by atoms with Crippen LogP contribution >= 0.6 is 0 Å². The molecule has 0 unspecified atom stereocenters. The molecule has 0 radical (unpaired) electrons. The fourth-order valence-corrected chi connectivity index (χ4v) is 3.96. The van der Waals surface area contributed by atoms with Crippen molar-refractivity contribution in [3.63, 3.8) is 0 Å². The Labute approximate surface area is 158 Å². The summed E-state index contributed by atoms with van der Waals surface area (Å²) in [5.74, 6) is 0.254. The van der Waals surface area contributed by atoms with Gasteiger partial charge in [0.25, 0.3) is 0 Å². The van der Waals surface area contributed by atoms with Crippen LogP contribution in [-0.2, 0) is 0 Å². The molecule has 0 aliphatic carbocycles. The first kappa shape index (κ1) is 18.6. The highest BCUT2D eigenvalue weighted by molar-refractivity contribution is 5.76. The minimum Gasteiger partial charge on any atom is -0.345 e. The van der Waals surface area contributed by atoms with Crippen LogP contribution in [0.2, 0.25) is 0 Å². The molecule has 0 saturated carbocycles. The lowest BCUT2D eigenvalue weighted by Gasteiger charge is -2.18. The van der Waals surface area contributed by atoms with E-state index >= 15 is 0 Å². The van der Waals surface area contributed by atoms with Gasteiger partial charge < -0.3 is 15.2 Å². The lowest BCUT2D eigenvalue weighted by Crippen LogP contribution is -2.40. The zero-order valence-electron chi connectivity index (χ0n) is 15.3. The van der Waals surface area contributed by atoms with Crippen LogP contribution in [0, 0.1) is 5.92 Å². The average Bonchev–Trinajstić information content (AvgIpc) is 3.36. The van der Waals surface area contributed by atoms with E-state index < -0.39 is 25.2 Å². The molecule has 3 aromatic heterocycles. The van der Waals surface area contributed by atoms with Gasteiger partial charge in [0.15, 0.2) is 11.3 Å². The van der Waals surface area contributed by atoms with Crippen molar-refractivity contribution in [1.82, 2.24) is 29.6 Å². The van der Waals surface area contributed by atoms with Gasteiger partial charge in [-0.2, -0.15) is 13.2 Å². The summed E-state index contributed by atoms with van der Waals surface area (Å²) < 4.78 is 39.0. The number of rotatable bonds is 4. The van der Waals surface area contributed by atoms with Gasteiger partial charge in [0.1, 0.15) is 0 Å². The van der Waals surface area contributed by atoms with Crippen molar-refractivity contribution in [3.05, 3.63) is 30.4 Å². The third kappa shape index (κ3) is 3.38. The predicted molar refractivity (Wildman–Crippen MR) is 97.0 cm³/mol. The van der Waals surface area contributed by atoms with E-state index in [1.807, 2.05) is 22.9 Å². The number of imidazole rings is 1. The number of aromatic nitrogens is 4. The number of urea groups is 1. The highest BCUT2D eigenvalue weighted by atomic mass is 19.4. The fourth-order valence-electron chi connectivity index (χ4n) is 3.96. The topological polar surface area (TPSA) is 78.3 Å². The Morgan fingerprint density at radius 1 is 1.32 bits per heavy atom. The van der Waals surface area contributed by atoms with Gasteiger partial charge in [0.05, 0.1) is 18.1 Å². The largest absolute Gasteiger partial charge is 0.390 e. The van der Waals surface area contributed by atoms with Crippen molar-refractivity contribution < 1.29 is 18.0 Å². The average molecular weight is 394 g/mol. The lowest BCUT2D eigenvalue weighted by atomic mass is 9.91. The molecule has 1 fully saturated rings. The van der Waals surface area contributed by atoms with Gasteiger partial charge in [-0.15, -0.1) is 0 Å². The summed E-state index contributed by atoms with van der Waals surface area (Å²) in [4.78, 5) is 25.8. The van der Waals surface area contributed by atoms with Crippen LogP contribution < -0.4 is 5.32 Å². The molecule has 7 nitrogen and oxygen atoms in total. The molecule has 2 N–H and O–H groups in total. The summed E-state index contributed by atoms with van der Waals surface area (Å²) in [6, 6.07) is 1.48. The van der Waals surface area contributed by atoms with E-state index in [1.165, 1.54) is 0 Å². The van der Waals surface area contributed by atoms with Crippen molar-refractivity contribution in [2.45, 2.75) is 31.9 Å². The molecule has 1 aliphatic rings. The molecule has 10 heteroatoms. The standard InChI is InChI=1S/C18H21F3N6O/c1-2-11-9-26(17(28)23-6-4-18(19,20)21)10-12(11)14-7-24-15-8-25-16-13(27(14)15)3-5-22-16/h3,5,7-8,11-12,22H,2,4,6,9-10H2,1H3,(H,23,28)/t11-,12+/m1/s1. The van der Waals surface area contributed by atoms with E-state index in [2.05, 4.69) is 27.2 Å². The minimum atomic E-state index is -4.28. The molecule has 1 saturated heterocycles. The number of fused-ring (bicyclic) bond motifs is 3. The van der Waals surface area contributed by atoms with Crippen LogP contribution in [-0.4, -0.2) is 56.1 Å². The molecule has 150 valence electrons. The summed E-state index contributed by atoms with van der Waals surface area (Å²) >= 11 is 0. The molecule has 0 spiro atoms. The van der Waals surface area contributed by atoms with Gasteiger partial charge in [-0.3, -0.25) is 4.40 Å². The predicted octanol–water partition coefficient (Wildman–Crippen LogP) is 3.30. The monoisotopic (exact) mass is 394 g/mol. The Morgan fingerprint density at radius 2 is 2.14 bits per heavy atom. The normalized spacial score (nSPS) is 20.4. The van der Waals surface area contributed by atoms with Crippen molar-refractivity contribution in [1.29, 1.82) is 0 Å². The van der Waals surface area contributed by atoms with E-state index in [4.69, 9.17) is 0 Å². The summed E-state index contributed by atoms with van der Waals surface area (Å²) in [6.07, 6.45) is 0.860. The van der Waals surface area contributed by atoms with E-state index in [-0.39, 0.29) is 11.8 Å². The summed E-state index contributed by atoms with van der Waals surface area (Å²) in [5, 5.41) is 2.38. The summed E-state index contributed by atoms with van der Waals surface area (Å²) in [6.45, 7) is 2.59. The van der Waals surface area contributed by atoms with Crippen molar-refractivity contribution in [3.8, 4) is 0 Å². The van der Waals surface area contributed by atoms with Gasteiger partial charge in [-0.05, 0) is 12.0 Å². The zero-order chi connectivity index (χ0) is 19.9. The molecule has 4 heterocycles. The number of alkyl halides is 3. The summed E-state index contributed by atoms with van der Waals surface area (Å²) in [7, 11) is 0. The maximum atomic E-state index is 12.4. The second-order valence-corrected chi connectivity index (χ2v) is 7.12. The third-order valence-electron chi connectivity index (χ3n) is 5.39. The Hall–Kier alpha value is -2.78. The number of amides is 2. The zero-order valence-corrected chi connectivity index (χ0v) is 15.3. The van der Waals surface area contributed by atoms with Gasteiger partial charge >= 0.3 is 12.2 Å². The first-order chi connectivity index (χ1) is 13.4. The molecule has 2 atom stereocenters. The first-order valence-electron chi connectivity index (χ1n) is 9.26. The first-order valence-corrected chi connectivity index (χ1v) is 9.26. The number of H-pyrrole nitrogens is 1. The van der Waals surface area contributed by atoms with Crippen molar-refractivity contribution in [2.24, 2.45) is 5.92 Å². The second-order valence-electron chi connectivity index (χ2n) is 7.12. The van der Waals surface area contributed by atoms with Crippen molar-refractivity contribution in [2.75, 3.05) is 19.6 Å². The Morgan fingerprint density at radius 3 is 2.89 bits per heavy atom. The quantitative estimate of drug-likeness (QED) is 0.713. The smallest absolute Gasteiger partial charge is 0.345 e. The molecule has 2 amide bonds. The number of hydrogen-bond donors (Lipinski definition) is 2. The van der Waals surface area contributed by atoms with Crippen LogP contribution in [0.15, 0.2) is 24.7 Å². The lowest BCUT2D eigenvalue weighted by molar-refractivity contribution is -0.133. The molecule has 1 aliphatic heterocycles. The highest BCUT2D eigenvalue weighted by Gasteiger charge is 2.37. The second kappa shape index (κ2) is 6.99. The van der Waals surface area contributed by atoms with E-state index in [9.17, 15) is 18.0 Å². The molecule has 28 heavy (non-hydrogen) atoms. The van der Waals surface area contributed by atoms with Crippen LogP contribution in [0.25, 0.3) is 16.8 Å². The number of nitrogens with one attached hydrogen (secondary N) is 2. The van der Waals surface area contributed by atoms with E-state index in [1.54, 1.807) is 11.1 Å². The molecular formula is C18H21F3N6O. The maximum absolute atomic E-state index is 12.4. The van der Waals surface area contributed by atoms with E-state index in [0.717, 1.165) is 28.9 Å². The van der Waals surface area contributed by atoms with Crippen LogP contribution in [0.3, 0.4) is 0 Å². The summed E-state index contributed by atoms with van der Waals surface area (Å²) in [5.41, 5.74) is 3.37. The minimum absolute atomic E-state index is 0.0499.